The third-order valence-electron chi connectivity index (χ3n) is 6.42. The van der Waals surface area contributed by atoms with E-state index in [1.807, 2.05) is 13.0 Å². The van der Waals surface area contributed by atoms with Crippen molar-refractivity contribution < 1.29 is 14.6 Å². The van der Waals surface area contributed by atoms with Crippen LogP contribution in [-0.2, 0) is 10.2 Å². The summed E-state index contributed by atoms with van der Waals surface area (Å²) in [4.78, 5) is 17.7. The number of fused-ring (bicyclic) bond motifs is 1. The van der Waals surface area contributed by atoms with E-state index in [1.54, 1.807) is 31.5 Å². The number of aryl methyl sites for hydroxylation is 1. The molecule has 0 spiro atoms. The lowest BCUT2D eigenvalue weighted by atomic mass is 9.83. The van der Waals surface area contributed by atoms with E-state index in [4.69, 9.17) is 9.47 Å². The van der Waals surface area contributed by atoms with Gasteiger partial charge < -0.3 is 25.2 Å². The molecular weight excluding hydrogens is 446 g/mol. The SMILES string of the molecule is Cc1ncc(Nc2nccc(-c3cc(C#N)c4c(c3)[C@@](C)(CO)CN4)n2)c(OCC2CCCO2)n1. The Morgan fingerprint density at radius 3 is 3.00 bits per heavy atom. The molecule has 0 aliphatic carbocycles. The minimum atomic E-state index is -0.473. The summed E-state index contributed by atoms with van der Waals surface area (Å²) in [6.45, 7) is 5.48. The first kappa shape index (κ1) is 23.0. The number of nitrogens with one attached hydrogen (secondary N) is 2. The van der Waals surface area contributed by atoms with Gasteiger partial charge >= 0.3 is 0 Å². The first-order valence-electron chi connectivity index (χ1n) is 11.6. The summed E-state index contributed by atoms with van der Waals surface area (Å²) in [5, 5.41) is 26.1. The van der Waals surface area contributed by atoms with Gasteiger partial charge in [0.1, 0.15) is 24.2 Å². The fourth-order valence-corrected chi connectivity index (χ4v) is 4.36. The van der Waals surface area contributed by atoms with Crippen molar-refractivity contribution in [2.75, 3.05) is 37.0 Å². The second kappa shape index (κ2) is 9.44. The molecule has 0 bridgehead atoms. The number of aliphatic hydroxyl groups is 1. The Morgan fingerprint density at radius 1 is 1.34 bits per heavy atom. The lowest BCUT2D eigenvalue weighted by Gasteiger charge is -2.21. The lowest BCUT2D eigenvalue weighted by molar-refractivity contribution is 0.0665. The van der Waals surface area contributed by atoms with E-state index in [9.17, 15) is 10.4 Å². The topological polar surface area (TPSA) is 138 Å². The number of hydrogen-bond donors (Lipinski definition) is 3. The van der Waals surface area contributed by atoms with E-state index < -0.39 is 5.41 Å². The maximum atomic E-state index is 9.97. The molecule has 5 rings (SSSR count). The van der Waals surface area contributed by atoms with Gasteiger partial charge in [-0.1, -0.05) is 6.92 Å². The van der Waals surface area contributed by atoms with E-state index in [-0.39, 0.29) is 12.7 Å². The number of anilines is 3. The zero-order valence-corrected chi connectivity index (χ0v) is 19.7. The molecule has 35 heavy (non-hydrogen) atoms. The smallest absolute Gasteiger partial charge is 0.241 e. The fourth-order valence-electron chi connectivity index (χ4n) is 4.36. The Labute approximate surface area is 203 Å². The van der Waals surface area contributed by atoms with Crippen LogP contribution in [0.4, 0.5) is 17.3 Å². The van der Waals surface area contributed by atoms with Crippen molar-refractivity contribution in [1.82, 2.24) is 19.9 Å². The molecule has 0 radical (unpaired) electrons. The molecule has 2 aromatic heterocycles. The molecule has 10 nitrogen and oxygen atoms in total. The predicted octanol–water partition coefficient (Wildman–Crippen LogP) is 3.09. The number of benzene rings is 1. The van der Waals surface area contributed by atoms with Crippen LogP contribution in [0.2, 0.25) is 0 Å². The van der Waals surface area contributed by atoms with E-state index in [0.717, 1.165) is 36.3 Å². The van der Waals surface area contributed by atoms with Crippen molar-refractivity contribution in [1.29, 1.82) is 5.26 Å². The highest BCUT2D eigenvalue weighted by Gasteiger charge is 2.36. The number of ether oxygens (including phenoxy) is 2. The standard InChI is InChI=1S/C25H27N7O3/c1-15-28-11-21(23(30-15)35-12-18-4-3-7-34-18)32-24-27-6-5-20(31-24)16-8-17(10-26)22-19(9-16)25(2,14-33)13-29-22/h5-6,8-9,11,18,29,33H,3-4,7,12-14H2,1-2H3,(H,27,31,32)/t18?,25-/m1/s1. The third-order valence-corrected chi connectivity index (χ3v) is 6.42. The summed E-state index contributed by atoms with van der Waals surface area (Å²) in [6.07, 6.45) is 5.35. The Hall–Kier alpha value is -3.81. The number of nitrogens with zero attached hydrogens (tertiary/aromatic N) is 5. The molecule has 10 heteroatoms. The summed E-state index contributed by atoms with van der Waals surface area (Å²) in [5.41, 5.74) is 3.67. The van der Waals surface area contributed by atoms with Gasteiger partial charge in [-0.3, -0.25) is 0 Å². The van der Waals surface area contributed by atoms with Crippen LogP contribution in [0.15, 0.2) is 30.6 Å². The van der Waals surface area contributed by atoms with Gasteiger partial charge in [-0.25, -0.2) is 15.0 Å². The van der Waals surface area contributed by atoms with Crippen molar-refractivity contribution in [3.05, 3.63) is 47.5 Å². The normalized spacial score (nSPS) is 20.7. The van der Waals surface area contributed by atoms with Crippen LogP contribution in [0.1, 0.15) is 36.7 Å². The highest BCUT2D eigenvalue weighted by Crippen LogP contribution is 2.41. The van der Waals surface area contributed by atoms with Crippen molar-refractivity contribution in [3.8, 4) is 23.2 Å². The molecule has 4 heterocycles. The van der Waals surface area contributed by atoms with Gasteiger partial charge in [0.2, 0.25) is 11.8 Å². The zero-order valence-electron chi connectivity index (χ0n) is 19.7. The summed E-state index contributed by atoms with van der Waals surface area (Å²) in [5.74, 6) is 1.35. The van der Waals surface area contributed by atoms with Crippen molar-refractivity contribution in [2.24, 2.45) is 0 Å². The van der Waals surface area contributed by atoms with E-state index >= 15 is 0 Å². The minimum Gasteiger partial charge on any atom is -0.473 e. The van der Waals surface area contributed by atoms with Crippen LogP contribution in [0.3, 0.4) is 0 Å². The molecule has 0 amide bonds. The Bertz CT molecular complexity index is 1290. The zero-order chi connectivity index (χ0) is 24.4. The van der Waals surface area contributed by atoms with Crippen LogP contribution in [-0.4, -0.2) is 57.5 Å². The van der Waals surface area contributed by atoms with Crippen molar-refractivity contribution in [2.45, 2.75) is 38.2 Å². The highest BCUT2D eigenvalue weighted by molar-refractivity contribution is 5.76. The molecule has 180 valence electrons. The van der Waals surface area contributed by atoms with Crippen LogP contribution >= 0.6 is 0 Å². The second-order valence-electron chi connectivity index (χ2n) is 9.10. The second-order valence-corrected chi connectivity index (χ2v) is 9.10. The average Bonchev–Trinajstić information content (AvgIpc) is 3.52. The van der Waals surface area contributed by atoms with Crippen molar-refractivity contribution in [3.63, 3.8) is 0 Å². The number of hydrogen-bond acceptors (Lipinski definition) is 10. The number of aliphatic hydroxyl groups excluding tert-OH is 1. The first-order chi connectivity index (χ1) is 17.0. The number of rotatable bonds is 7. The van der Waals surface area contributed by atoms with Gasteiger partial charge in [0.05, 0.1) is 35.9 Å². The van der Waals surface area contributed by atoms with Gasteiger partial charge in [-0.15, -0.1) is 0 Å². The molecule has 2 aliphatic rings. The molecule has 2 aliphatic heterocycles. The summed E-state index contributed by atoms with van der Waals surface area (Å²) in [7, 11) is 0. The van der Waals surface area contributed by atoms with Crippen LogP contribution in [0, 0.1) is 18.3 Å². The molecule has 1 unspecified atom stereocenters. The number of aromatic nitrogens is 4. The molecule has 3 aromatic rings. The Morgan fingerprint density at radius 2 is 2.23 bits per heavy atom. The summed E-state index contributed by atoms with van der Waals surface area (Å²) in [6, 6.07) is 7.82. The molecular formula is C25H27N7O3. The molecule has 2 atom stereocenters. The van der Waals surface area contributed by atoms with Gasteiger partial charge in [0.25, 0.3) is 0 Å². The fraction of sp³-hybridized carbons (Fsp3) is 0.400. The highest BCUT2D eigenvalue weighted by atomic mass is 16.5. The van der Waals surface area contributed by atoms with E-state index in [0.29, 0.717) is 47.7 Å². The Balaban J connectivity index is 1.43. The monoisotopic (exact) mass is 473 g/mol. The van der Waals surface area contributed by atoms with E-state index in [2.05, 4.69) is 36.6 Å². The average molecular weight is 474 g/mol. The lowest BCUT2D eigenvalue weighted by Crippen LogP contribution is -2.28. The van der Waals surface area contributed by atoms with Gasteiger partial charge in [-0.2, -0.15) is 10.2 Å². The first-order valence-corrected chi connectivity index (χ1v) is 11.6. The van der Waals surface area contributed by atoms with Crippen LogP contribution in [0.5, 0.6) is 5.88 Å². The minimum absolute atomic E-state index is 0.0278. The van der Waals surface area contributed by atoms with Crippen LogP contribution in [0.25, 0.3) is 11.3 Å². The molecule has 1 aromatic carbocycles. The molecule has 0 saturated carbocycles. The number of nitriles is 1. The largest absolute Gasteiger partial charge is 0.473 e. The summed E-state index contributed by atoms with van der Waals surface area (Å²) >= 11 is 0. The van der Waals surface area contributed by atoms with Crippen LogP contribution < -0.4 is 15.4 Å². The quantitative estimate of drug-likeness (QED) is 0.469. The molecule has 1 saturated heterocycles. The molecule has 3 N–H and O–H groups in total. The maximum absolute atomic E-state index is 9.97. The van der Waals surface area contributed by atoms with E-state index in [1.165, 1.54) is 0 Å². The van der Waals surface area contributed by atoms with Crippen molar-refractivity contribution >= 4 is 17.3 Å². The van der Waals surface area contributed by atoms with Gasteiger partial charge in [0, 0.05) is 30.3 Å². The van der Waals surface area contributed by atoms with Gasteiger partial charge in [0.15, 0.2) is 0 Å². The predicted molar refractivity (Wildman–Crippen MR) is 130 cm³/mol. The summed E-state index contributed by atoms with van der Waals surface area (Å²) < 4.78 is 11.6. The molecule has 1 fully saturated rings. The maximum Gasteiger partial charge on any atom is 0.241 e. The third kappa shape index (κ3) is 4.60. The van der Waals surface area contributed by atoms with Gasteiger partial charge in [-0.05, 0) is 43.5 Å². The Kier molecular flexibility index (Phi) is 6.19.